The summed E-state index contributed by atoms with van der Waals surface area (Å²) >= 11 is 0. The fraction of sp³-hybridized carbons (Fsp3) is 0.833. The molecule has 0 aromatic rings. The van der Waals surface area contributed by atoms with Gasteiger partial charge in [0.2, 0.25) is 0 Å². The number of hydrogen-bond acceptors (Lipinski definition) is 3. The first-order valence-corrected chi connectivity index (χ1v) is 6.42. The molecule has 1 saturated carbocycles. The number of hydrogen-bond donors (Lipinski definition) is 2. The van der Waals surface area contributed by atoms with E-state index in [1.54, 1.807) is 4.90 Å². The van der Waals surface area contributed by atoms with E-state index in [0.29, 0.717) is 19.1 Å². The molecule has 1 heterocycles. The van der Waals surface area contributed by atoms with E-state index in [1.807, 2.05) is 6.92 Å². The number of carbonyl (C=O) groups is 2. The molecule has 2 N–H and O–H groups in total. The third kappa shape index (κ3) is 2.58. The summed E-state index contributed by atoms with van der Waals surface area (Å²) in [5.41, 5.74) is 0. The van der Waals surface area contributed by atoms with Gasteiger partial charge in [0.1, 0.15) is 5.92 Å². The number of carbonyl (C=O) groups excluding carboxylic acids is 1. The van der Waals surface area contributed by atoms with Gasteiger partial charge in [-0.05, 0) is 19.3 Å². The fourth-order valence-corrected chi connectivity index (χ4v) is 2.38. The molecule has 0 aromatic carbocycles. The van der Waals surface area contributed by atoms with Crippen molar-refractivity contribution in [2.24, 2.45) is 11.8 Å². The zero-order valence-electron chi connectivity index (χ0n) is 10.8. The highest BCUT2D eigenvalue weighted by molar-refractivity contribution is 5.77. The van der Waals surface area contributed by atoms with Crippen molar-refractivity contribution in [1.29, 1.82) is 0 Å². The number of ether oxygens (including phenoxy) is 1. The van der Waals surface area contributed by atoms with Crippen molar-refractivity contribution >= 4 is 12.0 Å². The van der Waals surface area contributed by atoms with Crippen LogP contribution in [0.15, 0.2) is 0 Å². The molecule has 2 aliphatic rings. The van der Waals surface area contributed by atoms with E-state index in [0.717, 1.165) is 6.42 Å². The lowest BCUT2D eigenvalue weighted by atomic mass is 10.0. The molecule has 0 radical (unpaired) electrons. The summed E-state index contributed by atoms with van der Waals surface area (Å²) < 4.78 is 5.20. The van der Waals surface area contributed by atoms with E-state index in [2.05, 4.69) is 12.2 Å². The van der Waals surface area contributed by atoms with Crippen molar-refractivity contribution in [3.8, 4) is 0 Å². The number of nitrogens with one attached hydrogen (secondary N) is 1. The molecule has 6 heteroatoms. The van der Waals surface area contributed by atoms with E-state index < -0.39 is 11.9 Å². The minimum Gasteiger partial charge on any atom is -0.481 e. The molecular weight excluding hydrogens is 236 g/mol. The van der Waals surface area contributed by atoms with E-state index >= 15 is 0 Å². The van der Waals surface area contributed by atoms with Gasteiger partial charge < -0.3 is 20.1 Å². The molecule has 2 fully saturated rings. The Balaban J connectivity index is 1.98. The standard InChI is InChI=1S/C12H20N2O4/c1-3-14(12(17)13-9-4-7(9)2)10-6-18-5-8(10)11(15)16/h7-10H,3-6H2,1-2H3,(H,13,17)(H,15,16). The van der Waals surface area contributed by atoms with Crippen LogP contribution in [0.2, 0.25) is 0 Å². The van der Waals surface area contributed by atoms with Crippen molar-refractivity contribution < 1.29 is 19.4 Å². The Morgan fingerprint density at radius 1 is 1.44 bits per heavy atom. The van der Waals surface area contributed by atoms with Crippen LogP contribution in [0, 0.1) is 11.8 Å². The molecule has 18 heavy (non-hydrogen) atoms. The molecule has 2 rings (SSSR count). The number of amides is 2. The Labute approximate surface area is 106 Å². The molecule has 0 aromatic heterocycles. The lowest BCUT2D eigenvalue weighted by molar-refractivity contribution is -0.142. The van der Waals surface area contributed by atoms with Crippen LogP contribution in [0.25, 0.3) is 0 Å². The molecule has 4 atom stereocenters. The van der Waals surface area contributed by atoms with Gasteiger partial charge in [0.15, 0.2) is 0 Å². The van der Waals surface area contributed by atoms with E-state index in [9.17, 15) is 9.59 Å². The van der Waals surface area contributed by atoms with Crippen LogP contribution in [-0.4, -0.2) is 53.8 Å². The van der Waals surface area contributed by atoms with E-state index in [-0.39, 0.29) is 24.7 Å². The quantitative estimate of drug-likeness (QED) is 0.769. The number of carboxylic acid groups (broad SMARTS) is 1. The van der Waals surface area contributed by atoms with Gasteiger partial charge in [-0.25, -0.2) is 4.79 Å². The number of aliphatic carboxylic acids is 1. The summed E-state index contributed by atoms with van der Waals surface area (Å²) in [7, 11) is 0. The summed E-state index contributed by atoms with van der Waals surface area (Å²) in [5.74, 6) is -0.987. The van der Waals surface area contributed by atoms with Crippen LogP contribution in [0.3, 0.4) is 0 Å². The second-order valence-electron chi connectivity index (χ2n) is 5.10. The maximum Gasteiger partial charge on any atom is 0.317 e. The number of rotatable bonds is 4. The first-order chi connectivity index (χ1) is 8.54. The smallest absolute Gasteiger partial charge is 0.317 e. The van der Waals surface area contributed by atoms with Crippen LogP contribution in [0.5, 0.6) is 0 Å². The minimum absolute atomic E-state index is 0.173. The molecule has 2 amide bonds. The average molecular weight is 256 g/mol. The molecule has 1 saturated heterocycles. The second-order valence-corrected chi connectivity index (χ2v) is 5.10. The molecule has 1 aliphatic heterocycles. The van der Waals surface area contributed by atoms with Crippen LogP contribution in [0.4, 0.5) is 4.79 Å². The molecule has 6 nitrogen and oxygen atoms in total. The Morgan fingerprint density at radius 3 is 2.61 bits per heavy atom. The highest BCUT2D eigenvalue weighted by atomic mass is 16.5. The normalized spacial score (nSPS) is 34.1. The Bertz CT molecular complexity index is 347. The third-order valence-electron chi connectivity index (χ3n) is 3.79. The lowest BCUT2D eigenvalue weighted by Gasteiger charge is -2.29. The zero-order valence-corrected chi connectivity index (χ0v) is 10.8. The number of nitrogens with zero attached hydrogens (tertiary/aromatic N) is 1. The number of carboxylic acids is 1. The van der Waals surface area contributed by atoms with Crippen LogP contribution in [0.1, 0.15) is 20.3 Å². The predicted octanol–water partition coefficient (Wildman–Crippen LogP) is 0.526. The summed E-state index contributed by atoms with van der Waals surface area (Å²) in [5, 5.41) is 12.0. The van der Waals surface area contributed by atoms with Crippen molar-refractivity contribution in [2.75, 3.05) is 19.8 Å². The molecule has 4 unspecified atom stereocenters. The van der Waals surface area contributed by atoms with Gasteiger partial charge in [-0.3, -0.25) is 4.79 Å². The SMILES string of the molecule is CCN(C(=O)NC1CC1C)C1COCC1C(=O)O. The maximum atomic E-state index is 12.1. The van der Waals surface area contributed by atoms with Crippen molar-refractivity contribution in [2.45, 2.75) is 32.4 Å². The molecule has 0 spiro atoms. The largest absolute Gasteiger partial charge is 0.481 e. The third-order valence-corrected chi connectivity index (χ3v) is 3.79. The first kappa shape index (κ1) is 13.1. The molecular formula is C12H20N2O4. The van der Waals surface area contributed by atoms with Gasteiger partial charge in [-0.2, -0.15) is 0 Å². The summed E-state index contributed by atoms with van der Waals surface area (Å²) in [6.07, 6.45) is 1.01. The average Bonchev–Trinajstić information content (AvgIpc) is 2.81. The Kier molecular flexibility index (Phi) is 3.75. The summed E-state index contributed by atoms with van der Waals surface area (Å²) in [4.78, 5) is 24.8. The minimum atomic E-state index is -0.900. The number of urea groups is 1. The monoisotopic (exact) mass is 256 g/mol. The maximum absolute atomic E-state index is 12.1. The fourth-order valence-electron chi connectivity index (χ4n) is 2.38. The zero-order chi connectivity index (χ0) is 13.3. The van der Waals surface area contributed by atoms with E-state index in [1.165, 1.54) is 0 Å². The molecule has 1 aliphatic carbocycles. The van der Waals surface area contributed by atoms with Gasteiger partial charge in [0, 0.05) is 12.6 Å². The number of likely N-dealkylation sites (N-methyl/N-ethyl adjacent to an activating group) is 1. The van der Waals surface area contributed by atoms with Gasteiger partial charge in [0.25, 0.3) is 0 Å². The molecule has 102 valence electrons. The van der Waals surface area contributed by atoms with E-state index in [4.69, 9.17) is 9.84 Å². The highest BCUT2D eigenvalue weighted by Gasteiger charge is 2.41. The van der Waals surface area contributed by atoms with Gasteiger partial charge >= 0.3 is 12.0 Å². The Hall–Kier alpha value is -1.30. The van der Waals surface area contributed by atoms with Crippen molar-refractivity contribution in [3.63, 3.8) is 0 Å². The summed E-state index contributed by atoms with van der Waals surface area (Å²) in [6.45, 7) is 4.92. The first-order valence-electron chi connectivity index (χ1n) is 6.42. The van der Waals surface area contributed by atoms with Crippen LogP contribution < -0.4 is 5.32 Å². The van der Waals surface area contributed by atoms with Gasteiger partial charge in [0.05, 0.1) is 19.3 Å². The van der Waals surface area contributed by atoms with Gasteiger partial charge in [-0.1, -0.05) is 6.92 Å². The summed E-state index contributed by atoms with van der Waals surface area (Å²) in [6, 6.07) is -0.285. The molecule has 0 bridgehead atoms. The van der Waals surface area contributed by atoms with Crippen LogP contribution in [-0.2, 0) is 9.53 Å². The van der Waals surface area contributed by atoms with Crippen LogP contribution >= 0.6 is 0 Å². The Morgan fingerprint density at radius 2 is 2.11 bits per heavy atom. The topological polar surface area (TPSA) is 78.9 Å². The predicted molar refractivity (Wildman–Crippen MR) is 64.2 cm³/mol. The highest BCUT2D eigenvalue weighted by Crippen LogP contribution is 2.29. The van der Waals surface area contributed by atoms with Crippen molar-refractivity contribution in [1.82, 2.24) is 10.2 Å². The van der Waals surface area contributed by atoms with Gasteiger partial charge in [-0.15, -0.1) is 0 Å². The van der Waals surface area contributed by atoms with Crippen molar-refractivity contribution in [3.05, 3.63) is 0 Å². The second kappa shape index (κ2) is 5.14. The lowest BCUT2D eigenvalue weighted by Crippen LogP contribution is -2.51.